The molecule has 0 fully saturated rings. The Bertz CT molecular complexity index is 1410. The van der Waals surface area contributed by atoms with Gasteiger partial charge in [0.05, 0.1) is 24.2 Å². The fraction of sp³-hybridized carbons (Fsp3) is 0.231. The van der Waals surface area contributed by atoms with Gasteiger partial charge in [-0.15, -0.1) is 21.5 Å². The van der Waals surface area contributed by atoms with Gasteiger partial charge in [-0.05, 0) is 43.2 Å². The first-order chi connectivity index (χ1) is 17.3. The maximum absolute atomic E-state index is 13.5. The summed E-state index contributed by atoms with van der Waals surface area (Å²) in [6, 6.07) is 15.6. The van der Waals surface area contributed by atoms with Crippen molar-refractivity contribution in [1.29, 1.82) is 0 Å². The number of nitrogens with zero attached hydrogens (tertiary/aromatic N) is 3. The van der Waals surface area contributed by atoms with E-state index >= 15 is 0 Å². The van der Waals surface area contributed by atoms with Gasteiger partial charge in [0.1, 0.15) is 16.6 Å². The van der Waals surface area contributed by atoms with Crippen LogP contribution in [0.25, 0.3) is 5.00 Å². The van der Waals surface area contributed by atoms with Gasteiger partial charge >= 0.3 is 6.03 Å². The molecule has 2 heterocycles. The molecule has 0 saturated heterocycles. The van der Waals surface area contributed by atoms with Crippen molar-refractivity contribution in [2.75, 3.05) is 12.4 Å². The van der Waals surface area contributed by atoms with Crippen molar-refractivity contribution in [3.63, 3.8) is 0 Å². The van der Waals surface area contributed by atoms with Crippen molar-refractivity contribution < 1.29 is 14.3 Å². The van der Waals surface area contributed by atoms with Crippen molar-refractivity contribution in [3.8, 4) is 10.8 Å². The zero-order chi connectivity index (χ0) is 25.8. The Labute approximate surface area is 218 Å². The smallest absolute Gasteiger partial charge is 0.319 e. The van der Waals surface area contributed by atoms with Gasteiger partial charge in [0.25, 0.3) is 0 Å². The van der Waals surface area contributed by atoms with E-state index < -0.39 is 6.03 Å². The molecule has 0 saturated carbocycles. The number of ether oxygens (including phenoxy) is 1. The fourth-order valence-electron chi connectivity index (χ4n) is 3.62. The highest BCUT2D eigenvalue weighted by molar-refractivity contribution is 7.15. The van der Waals surface area contributed by atoms with Gasteiger partial charge in [-0.1, -0.05) is 43.6 Å². The van der Waals surface area contributed by atoms with Gasteiger partial charge < -0.3 is 15.4 Å². The Balaban J connectivity index is 1.62. The van der Waals surface area contributed by atoms with Gasteiger partial charge in [0.15, 0.2) is 11.6 Å². The van der Waals surface area contributed by atoms with Gasteiger partial charge in [0, 0.05) is 22.2 Å². The highest BCUT2D eigenvalue weighted by Gasteiger charge is 2.25. The number of anilines is 1. The number of aryl methyl sites for hydroxylation is 1. The molecule has 36 heavy (non-hydrogen) atoms. The number of methoxy groups -OCH3 is 1. The summed E-state index contributed by atoms with van der Waals surface area (Å²) in [4.78, 5) is 27.1. The van der Waals surface area contributed by atoms with Gasteiger partial charge in [-0.3, -0.25) is 9.36 Å². The average molecular weight is 524 g/mol. The molecule has 0 radical (unpaired) electrons. The summed E-state index contributed by atoms with van der Waals surface area (Å²) >= 11 is 7.84. The zero-order valence-electron chi connectivity index (χ0n) is 20.3. The third-order valence-electron chi connectivity index (χ3n) is 5.49. The summed E-state index contributed by atoms with van der Waals surface area (Å²) < 4.78 is 7.01. The number of carbonyl (C=O) groups excluding carboxylic acids is 2. The van der Waals surface area contributed by atoms with Crippen LogP contribution in [0.3, 0.4) is 0 Å². The predicted molar refractivity (Wildman–Crippen MR) is 142 cm³/mol. The molecular formula is C26H26ClN5O3S. The first-order valence-electron chi connectivity index (χ1n) is 11.3. The lowest BCUT2D eigenvalue weighted by Crippen LogP contribution is -2.29. The molecule has 2 aromatic heterocycles. The molecule has 0 aliphatic rings. The monoisotopic (exact) mass is 523 g/mol. The lowest BCUT2D eigenvalue weighted by atomic mass is 10.0. The normalized spacial score (nSPS) is 10.9. The van der Waals surface area contributed by atoms with Crippen molar-refractivity contribution in [1.82, 2.24) is 20.1 Å². The molecule has 2 amide bonds. The van der Waals surface area contributed by atoms with E-state index in [4.69, 9.17) is 16.3 Å². The highest BCUT2D eigenvalue weighted by Crippen LogP contribution is 2.35. The molecule has 0 spiro atoms. The standard InChI is InChI=1S/C26H26ClN5O3S/c1-15(2)22-13-20(24(33)19-10-5-6-11-21(19)27)25(36-22)32-16(3)30-31-23(32)14-28-26(34)29-17-8-7-9-18(12-17)35-4/h5-13,15H,14H2,1-4H3,(H2,28,29,34). The minimum atomic E-state index is -0.406. The molecule has 0 aliphatic carbocycles. The van der Waals surface area contributed by atoms with Crippen molar-refractivity contribution in [2.45, 2.75) is 33.2 Å². The Hall–Kier alpha value is -3.69. The zero-order valence-corrected chi connectivity index (χ0v) is 21.9. The molecule has 4 aromatic rings. The first-order valence-corrected chi connectivity index (χ1v) is 12.5. The minimum absolute atomic E-state index is 0.102. The molecule has 4 rings (SSSR count). The number of benzene rings is 2. The summed E-state index contributed by atoms with van der Waals surface area (Å²) in [5.74, 6) is 1.77. The molecule has 0 bridgehead atoms. The Morgan fingerprint density at radius 2 is 1.86 bits per heavy atom. The van der Waals surface area contributed by atoms with Crippen molar-refractivity contribution in [3.05, 3.63) is 87.3 Å². The Morgan fingerprint density at radius 1 is 1.08 bits per heavy atom. The number of thiophene rings is 1. The van der Waals surface area contributed by atoms with Crippen LogP contribution in [0.5, 0.6) is 5.75 Å². The largest absolute Gasteiger partial charge is 0.497 e. The van der Waals surface area contributed by atoms with Gasteiger partial charge in [-0.25, -0.2) is 4.79 Å². The number of rotatable bonds is 8. The van der Waals surface area contributed by atoms with Gasteiger partial charge in [0.2, 0.25) is 0 Å². The van der Waals surface area contributed by atoms with Crippen LogP contribution in [-0.2, 0) is 6.54 Å². The second kappa shape index (κ2) is 10.9. The average Bonchev–Trinajstić information content (AvgIpc) is 3.46. The molecular weight excluding hydrogens is 498 g/mol. The lowest BCUT2D eigenvalue weighted by molar-refractivity contribution is 0.103. The molecule has 2 aromatic carbocycles. The van der Waals surface area contributed by atoms with E-state index in [1.54, 1.807) is 55.6 Å². The third kappa shape index (κ3) is 5.42. The topological polar surface area (TPSA) is 98.1 Å². The van der Waals surface area contributed by atoms with E-state index in [0.717, 1.165) is 4.88 Å². The van der Waals surface area contributed by atoms with Crippen LogP contribution in [0.2, 0.25) is 5.02 Å². The Kier molecular flexibility index (Phi) is 7.71. The van der Waals surface area contributed by atoms with E-state index in [0.29, 0.717) is 44.2 Å². The molecule has 186 valence electrons. The summed E-state index contributed by atoms with van der Waals surface area (Å²) in [6.07, 6.45) is 0. The number of amides is 2. The maximum atomic E-state index is 13.5. The molecule has 2 N–H and O–H groups in total. The molecule has 0 aliphatic heterocycles. The highest BCUT2D eigenvalue weighted by atomic mass is 35.5. The van der Waals surface area contributed by atoms with E-state index in [2.05, 4.69) is 34.7 Å². The summed E-state index contributed by atoms with van der Waals surface area (Å²) in [5.41, 5.74) is 1.54. The number of nitrogens with one attached hydrogen (secondary N) is 2. The molecule has 0 unspecified atom stereocenters. The van der Waals surface area contributed by atoms with Crippen LogP contribution in [0.1, 0.15) is 52.2 Å². The van der Waals surface area contributed by atoms with Crippen LogP contribution < -0.4 is 15.4 Å². The number of hydrogen-bond donors (Lipinski definition) is 2. The van der Waals surface area contributed by atoms with E-state index in [-0.39, 0.29) is 18.2 Å². The summed E-state index contributed by atoms with van der Waals surface area (Å²) in [6.45, 7) is 6.06. The number of ketones is 1. The van der Waals surface area contributed by atoms with Crippen molar-refractivity contribution in [2.24, 2.45) is 0 Å². The first kappa shape index (κ1) is 25.4. The minimum Gasteiger partial charge on any atom is -0.497 e. The second-order valence-electron chi connectivity index (χ2n) is 8.37. The second-order valence-corrected chi connectivity index (χ2v) is 9.84. The number of urea groups is 1. The molecule has 8 nitrogen and oxygen atoms in total. The van der Waals surface area contributed by atoms with Crippen LogP contribution >= 0.6 is 22.9 Å². The van der Waals surface area contributed by atoms with Crippen LogP contribution in [0, 0.1) is 6.92 Å². The number of aromatic nitrogens is 3. The molecule has 10 heteroatoms. The quantitative estimate of drug-likeness (QED) is 0.277. The van der Waals surface area contributed by atoms with E-state index in [9.17, 15) is 9.59 Å². The van der Waals surface area contributed by atoms with Crippen LogP contribution in [0.4, 0.5) is 10.5 Å². The number of halogens is 1. The Morgan fingerprint density at radius 3 is 2.58 bits per heavy atom. The van der Waals surface area contributed by atoms with Gasteiger partial charge in [-0.2, -0.15) is 0 Å². The van der Waals surface area contributed by atoms with Crippen LogP contribution in [0.15, 0.2) is 54.6 Å². The number of carbonyl (C=O) groups is 2. The maximum Gasteiger partial charge on any atom is 0.319 e. The number of hydrogen-bond acceptors (Lipinski definition) is 6. The van der Waals surface area contributed by atoms with Crippen LogP contribution in [-0.4, -0.2) is 33.7 Å². The van der Waals surface area contributed by atoms with Crippen molar-refractivity contribution >= 4 is 40.4 Å². The van der Waals surface area contributed by atoms with E-state index in [1.807, 2.05) is 17.6 Å². The SMILES string of the molecule is COc1cccc(NC(=O)NCc2nnc(C)n2-c2sc(C(C)C)cc2C(=O)c2ccccc2Cl)c1. The lowest BCUT2D eigenvalue weighted by Gasteiger charge is -2.11. The summed E-state index contributed by atoms with van der Waals surface area (Å²) in [7, 11) is 1.56. The fourth-order valence-corrected chi connectivity index (χ4v) is 5.07. The third-order valence-corrected chi connectivity index (χ3v) is 7.24. The van der Waals surface area contributed by atoms with E-state index in [1.165, 1.54) is 11.3 Å². The molecule has 0 atom stereocenters. The summed E-state index contributed by atoms with van der Waals surface area (Å²) in [5, 5.41) is 15.1. The predicted octanol–water partition coefficient (Wildman–Crippen LogP) is 5.98.